The molecular formula is C8H6BrFN2O2. The van der Waals surface area contributed by atoms with Gasteiger partial charge in [-0.05, 0) is 39.3 Å². The van der Waals surface area contributed by atoms with Gasteiger partial charge >= 0.3 is 0 Å². The van der Waals surface area contributed by atoms with Gasteiger partial charge in [-0.2, -0.15) is 0 Å². The second-order valence-corrected chi connectivity index (χ2v) is 3.28. The van der Waals surface area contributed by atoms with Crippen molar-refractivity contribution < 1.29 is 9.18 Å². The number of rotatable bonds is 3. The van der Waals surface area contributed by atoms with E-state index in [0.29, 0.717) is 0 Å². The maximum atomic E-state index is 12.8. The van der Waals surface area contributed by atoms with Crippen molar-refractivity contribution in [2.45, 2.75) is 0 Å². The molecule has 4 nitrogen and oxygen atoms in total. The van der Waals surface area contributed by atoms with Crippen LogP contribution >= 0.6 is 15.9 Å². The smallest absolute Gasteiger partial charge is 0.252 e. The van der Waals surface area contributed by atoms with Gasteiger partial charge < -0.3 is 5.32 Å². The molecule has 0 radical (unpaired) electrons. The van der Waals surface area contributed by atoms with Crippen molar-refractivity contribution in [3.63, 3.8) is 0 Å². The zero-order valence-electron chi connectivity index (χ0n) is 6.96. The normalized spacial score (nSPS) is 9.57. The Morgan fingerprint density at radius 3 is 2.86 bits per heavy atom. The van der Waals surface area contributed by atoms with Gasteiger partial charge in [0.15, 0.2) is 6.67 Å². The fourth-order valence-electron chi connectivity index (χ4n) is 0.844. The Labute approximate surface area is 87.6 Å². The summed E-state index contributed by atoms with van der Waals surface area (Å²) in [4.78, 5) is 20.9. The number of amides is 1. The third-order valence-corrected chi connectivity index (χ3v) is 2.09. The Morgan fingerprint density at radius 1 is 1.57 bits per heavy atom. The molecule has 0 aliphatic carbocycles. The summed E-state index contributed by atoms with van der Waals surface area (Å²) in [6.45, 7) is -0.298. The second-order valence-electron chi connectivity index (χ2n) is 2.42. The fourth-order valence-corrected chi connectivity index (χ4v) is 1.22. The molecule has 0 aromatic heterocycles. The number of halogens is 2. The lowest BCUT2D eigenvalue weighted by Gasteiger charge is -2.01. The topological polar surface area (TPSA) is 58.5 Å². The van der Waals surface area contributed by atoms with Crippen LogP contribution in [0.15, 0.2) is 27.8 Å². The molecule has 0 fully saturated rings. The first-order chi connectivity index (χ1) is 6.65. The molecule has 0 saturated carbocycles. The molecule has 0 spiro atoms. The first-order valence-corrected chi connectivity index (χ1v) is 4.47. The van der Waals surface area contributed by atoms with Crippen LogP contribution in [0.1, 0.15) is 10.4 Å². The van der Waals surface area contributed by atoms with Crippen LogP contribution in [0.25, 0.3) is 0 Å². The standard InChI is InChI=1S/C8H6BrFN2O2/c9-6-3-5(1-2-7(6)10)8(13)11-4-12-14/h1-3H,4H2,(H,11,13). The van der Waals surface area contributed by atoms with Gasteiger partial charge in [0.2, 0.25) is 0 Å². The molecule has 0 atom stereocenters. The molecule has 74 valence electrons. The van der Waals surface area contributed by atoms with E-state index in [1.807, 2.05) is 0 Å². The van der Waals surface area contributed by atoms with Crippen LogP contribution in [0, 0.1) is 10.7 Å². The molecule has 0 heterocycles. The van der Waals surface area contributed by atoms with E-state index in [1.54, 1.807) is 0 Å². The van der Waals surface area contributed by atoms with E-state index in [2.05, 4.69) is 26.4 Å². The number of benzene rings is 1. The van der Waals surface area contributed by atoms with Gasteiger partial charge in [-0.3, -0.25) is 4.79 Å². The average Bonchev–Trinajstić information content (AvgIpc) is 2.18. The van der Waals surface area contributed by atoms with Crippen molar-refractivity contribution in [3.8, 4) is 0 Å². The third-order valence-electron chi connectivity index (χ3n) is 1.49. The number of hydrogen-bond donors (Lipinski definition) is 1. The lowest BCUT2D eigenvalue weighted by atomic mass is 10.2. The summed E-state index contributed by atoms with van der Waals surface area (Å²) in [5.74, 6) is -0.916. The van der Waals surface area contributed by atoms with Gasteiger partial charge in [0.1, 0.15) is 5.82 Å². The first kappa shape index (κ1) is 10.8. The molecule has 0 saturated heterocycles. The molecule has 1 amide bonds. The highest BCUT2D eigenvalue weighted by Gasteiger charge is 2.07. The van der Waals surface area contributed by atoms with Crippen molar-refractivity contribution in [3.05, 3.63) is 39.0 Å². The summed E-state index contributed by atoms with van der Waals surface area (Å²) >= 11 is 2.94. The Balaban J connectivity index is 2.80. The predicted octanol–water partition coefficient (Wildman–Crippen LogP) is 2.04. The van der Waals surface area contributed by atoms with Crippen LogP contribution in [0.3, 0.4) is 0 Å². The van der Waals surface area contributed by atoms with E-state index >= 15 is 0 Å². The van der Waals surface area contributed by atoms with E-state index in [0.717, 1.165) is 6.07 Å². The number of carbonyl (C=O) groups is 1. The van der Waals surface area contributed by atoms with Gasteiger partial charge in [-0.25, -0.2) is 4.39 Å². The Bertz CT molecular complexity index is 370. The molecule has 1 aromatic carbocycles. The molecule has 0 aliphatic rings. The van der Waals surface area contributed by atoms with Crippen molar-refractivity contribution in [1.82, 2.24) is 5.32 Å². The molecule has 14 heavy (non-hydrogen) atoms. The van der Waals surface area contributed by atoms with Crippen LogP contribution in [0.4, 0.5) is 4.39 Å². The first-order valence-electron chi connectivity index (χ1n) is 3.67. The molecular weight excluding hydrogens is 255 g/mol. The Hall–Kier alpha value is -1.30. The average molecular weight is 261 g/mol. The zero-order chi connectivity index (χ0) is 10.6. The van der Waals surface area contributed by atoms with Gasteiger partial charge in [-0.1, -0.05) is 0 Å². The van der Waals surface area contributed by atoms with Crippen molar-refractivity contribution in [1.29, 1.82) is 0 Å². The van der Waals surface area contributed by atoms with Crippen molar-refractivity contribution >= 4 is 21.8 Å². The van der Waals surface area contributed by atoms with E-state index in [9.17, 15) is 14.1 Å². The fraction of sp³-hybridized carbons (Fsp3) is 0.125. The van der Waals surface area contributed by atoms with E-state index < -0.39 is 11.7 Å². The molecule has 0 aliphatic heterocycles. The lowest BCUT2D eigenvalue weighted by Crippen LogP contribution is -2.23. The highest BCUT2D eigenvalue weighted by atomic mass is 79.9. The van der Waals surface area contributed by atoms with Gasteiger partial charge in [-0.15, -0.1) is 4.91 Å². The van der Waals surface area contributed by atoms with Gasteiger partial charge in [0.05, 0.1) is 4.47 Å². The van der Waals surface area contributed by atoms with Crippen LogP contribution < -0.4 is 5.32 Å². The molecule has 0 bridgehead atoms. The summed E-state index contributed by atoms with van der Waals surface area (Å²) in [6, 6.07) is 3.81. The van der Waals surface area contributed by atoms with Crippen LogP contribution in [0.5, 0.6) is 0 Å². The van der Waals surface area contributed by atoms with Gasteiger partial charge in [0.25, 0.3) is 5.91 Å². The largest absolute Gasteiger partial charge is 0.330 e. The maximum Gasteiger partial charge on any atom is 0.252 e. The van der Waals surface area contributed by atoms with Crippen LogP contribution in [-0.2, 0) is 0 Å². The van der Waals surface area contributed by atoms with E-state index in [4.69, 9.17) is 0 Å². The minimum Gasteiger partial charge on any atom is -0.330 e. The zero-order valence-corrected chi connectivity index (χ0v) is 8.54. The van der Waals surface area contributed by atoms with Crippen molar-refractivity contribution in [2.24, 2.45) is 5.18 Å². The van der Waals surface area contributed by atoms with Gasteiger partial charge in [0, 0.05) is 5.56 Å². The minimum atomic E-state index is -0.467. The molecule has 6 heteroatoms. The summed E-state index contributed by atoms with van der Waals surface area (Å²) in [5, 5.41) is 4.71. The highest BCUT2D eigenvalue weighted by molar-refractivity contribution is 9.10. The van der Waals surface area contributed by atoms with Crippen molar-refractivity contribution in [2.75, 3.05) is 6.67 Å². The summed E-state index contributed by atoms with van der Waals surface area (Å²) < 4.78 is 13.0. The maximum absolute atomic E-state index is 12.8. The summed E-state index contributed by atoms with van der Waals surface area (Å²) in [7, 11) is 0. The molecule has 1 aromatic rings. The van der Waals surface area contributed by atoms with Crippen LogP contribution in [0.2, 0.25) is 0 Å². The number of nitrogens with one attached hydrogen (secondary N) is 1. The van der Waals surface area contributed by atoms with E-state index in [1.165, 1.54) is 12.1 Å². The third kappa shape index (κ3) is 2.59. The summed E-state index contributed by atoms with van der Waals surface area (Å²) in [5.41, 5.74) is 0.266. The number of nitrogens with zero attached hydrogens (tertiary/aromatic N) is 1. The quantitative estimate of drug-likeness (QED) is 0.846. The van der Waals surface area contributed by atoms with Crippen LogP contribution in [-0.4, -0.2) is 12.6 Å². The highest BCUT2D eigenvalue weighted by Crippen LogP contribution is 2.16. The number of nitroso groups, excluding NO2 is 1. The minimum absolute atomic E-state index is 0.198. The van der Waals surface area contributed by atoms with E-state index in [-0.39, 0.29) is 16.7 Å². The number of carbonyl (C=O) groups excluding carboxylic acids is 1. The lowest BCUT2D eigenvalue weighted by molar-refractivity contribution is 0.0954. The monoisotopic (exact) mass is 260 g/mol. The summed E-state index contributed by atoms with van der Waals surface area (Å²) in [6.07, 6.45) is 0. The molecule has 1 N–H and O–H groups in total. The Kier molecular flexibility index (Phi) is 3.70. The SMILES string of the molecule is O=NCNC(=O)c1ccc(F)c(Br)c1. The Morgan fingerprint density at radius 2 is 2.29 bits per heavy atom. The second kappa shape index (κ2) is 4.80. The molecule has 0 unspecified atom stereocenters. The predicted molar refractivity (Wildman–Crippen MR) is 52.2 cm³/mol. The molecule has 1 rings (SSSR count). The number of hydrogen-bond acceptors (Lipinski definition) is 3.